The van der Waals surface area contributed by atoms with Gasteiger partial charge in [-0.25, -0.2) is 0 Å². The van der Waals surface area contributed by atoms with Crippen LogP contribution in [0.4, 0.5) is 0 Å². The number of hydrogen-bond donors (Lipinski definition) is 1. The molecule has 4 fully saturated rings. The summed E-state index contributed by atoms with van der Waals surface area (Å²) in [5, 5.41) is 10.5. The molecule has 0 heterocycles. The molecular formula is C32H50O4. The number of carboxylic acid groups (broad SMARTS) is 1. The molecule has 36 heavy (non-hydrogen) atoms. The molecule has 0 aromatic carbocycles. The number of carboxylic acids is 1. The molecular weight excluding hydrogens is 448 g/mol. The summed E-state index contributed by atoms with van der Waals surface area (Å²) in [6, 6.07) is 0. The topological polar surface area (TPSA) is 63.6 Å². The molecule has 11 atom stereocenters. The Morgan fingerprint density at radius 1 is 0.917 bits per heavy atom. The molecule has 5 aliphatic rings. The lowest BCUT2D eigenvalue weighted by Gasteiger charge is -2.71. The summed E-state index contributed by atoms with van der Waals surface area (Å²) >= 11 is 0. The molecule has 0 radical (unpaired) electrons. The van der Waals surface area contributed by atoms with E-state index in [-0.39, 0.29) is 28.1 Å². The highest BCUT2D eigenvalue weighted by atomic mass is 16.5. The van der Waals surface area contributed by atoms with Crippen molar-refractivity contribution < 1.29 is 19.4 Å². The Bertz CT molecular complexity index is 985. The van der Waals surface area contributed by atoms with E-state index in [1.165, 1.54) is 32.6 Å². The van der Waals surface area contributed by atoms with Gasteiger partial charge in [-0.2, -0.15) is 0 Å². The summed E-state index contributed by atoms with van der Waals surface area (Å²) < 4.78 is 5.69. The van der Waals surface area contributed by atoms with Crippen molar-refractivity contribution in [2.45, 2.75) is 119 Å². The van der Waals surface area contributed by atoms with Crippen molar-refractivity contribution in [2.24, 2.45) is 56.7 Å². The Kier molecular flexibility index (Phi) is 5.91. The molecule has 0 aliphatic heterocycles. The zero-order valence-electron chi connectivity index (χ0n) is 24.1. The largest absolute Gasteiger partial charge is 0.481 e. The minimum absolute atomic E-state index is 0.0136. The molecule has 0 aromatic rings. The van der Waals surface area contributed by atoms with Crippen LogP contribution in [0.25, 0.3) is 0 Å². The van der Waals surface area contributed by atoms with Crippen molar-refractivity contribution in [3.8, 4) is 0 Å². The van der Waals surface area contributed by atoms with Gasteiger partial charge in [-0.15, -0.1) is 0 Å². The average molecular weight is 499 g/mol. The van der Waals surface area contributed by atoms with Crippen molar-refractivity contribution in [3.63, 3.8) is 0 Å². The monoisotopic (exact) mass is 498 g/mol. The van der Waals surface area contributed by atoms with Crippen LogP contribution in [-0.4, -0.2) is 23.1 Å². The van der Waals surface area contributed by atoms with E-state index < -0.39 is 17.5 Å². The molecule has 4 heteroatoms. The zero-order chi connectivity index (χ0) is 26.5. The van der Waals surface area contributed by atoms with Gasteiger partial charge in [0.05, 0.1) is 0 Å². The van der Waals surface area contributed by atoms with E-state index in [1.807, 2.05) is 6.92 Å². The third-order valence-corrected chi connectivity index (χ3v) is 13.8. The van der Waals surface area contributed by atoms with E-state index >= 15 is 0 Å². The van der Waals surface area contributed by atoms with Gasteiger partial charge in [0, 0.05) is 6.92 Å². The first-order valence-electron chi connectivity index (χ1n) is 14.8. The predicted molar refractivity (Wildman–Crippen MR) is 142 cm³/mol. The van der Waals surface area contributed by atoms with Gasteiger partial charge in [0.25, 0.3) is 0 Å². The van der Waals surface area contributed by atoms with E-state index in [1.54, 1.807) is 5.57 Å². The second-order valence-corrected chi connectivity index (χ2v) is 15.0. The maximum absolute atomic E-state index is 12.9. The number of esters is 1. The normalized spacial score (nSPS) is 54.2. The molecule has 2 unspecified atom stereocenters. The lowest BCUT2D eigenvalue weighted by molar-refractivity contribution is -0.223. The number of carbonyl (C=O) groups is 2. The van der Waals surface area contributed by atoms with Crippen LogP contribution in [0.2, 0.25) is 0 Å². The highest BCUT2D eigenvalue weighted by Gasteiger charge is 2.70. The second kappa shape index (κ2) is 8.09. The number of fused-ring (bicyclic) bond motifs is 7. The van der Waals surface area contributed by atoms with E-state index in [2.05, 4.69) is 47.6 Å². The fraction of sp³-hybridized carbons (Fsp3) is 0.875. The molecule has 0 bridgehead atoms. The van der Waals surface area contributed by atoms with Crippen LogP contribution >= 0.6 is 0 Å². The number of carbonyl (C=O) groups excluding carboxylic acids is 1. The molecule has 0 spiro atoms. The fourth-order valence-corrected chi connectivity index (χ4v) is 11.2. The molecule has 5 aliphatic carbocycles. The highest BCUT2D eigenvalue weighted by molar-refractivity contribution is 5.77. The number of hydrogen-bond acceptors (Lipinski definition) is 3. The average Bonchev–Trinajstić information content (AvgIpc) is 2.79. The molecule has 202 valence electrons. The number of aliphatic carboxylic acids is 1. The third kappa shape index (κ3) is 3.17. The summed E-state index contributed by atoms with van der Waals surface area (Å²) in [5.74, 6) is 1.47. The van der Waals surface area contributed by atoms with Crippen LogP contribution < -0.4 is 0 Å². The predicted octanol–water partition coefficient (Wildman–Crippen LogP) is 7.66. The summed E-state index contributed by atoms with van der Waals surface area (Å²) in [6.07, 6.45) is 12.0. The molecule has 4 nitrogen and oxygen atoms in total. The standard InChI is InChI=1S/C32H50O4/c1-19-11-14-28(4)17-18-30(6)22(26(28)20(19)2)9-10-23-29(5)15-13-25(36-21(3)33)32(8,27(34)35)24(29)12-16-31(23,30)7/h9,19-20,23-26H,10-18H2,1-8H3,(H,34,35)/t19-,20+,23?,24?,25-,26+,28-,29-,30-,31-,32-/m1/s1. The fourth-order valence-electron chi connectivity index (χ4n) is 11.2. The third-order valence-electron chi connectivity index (χ3n) is 13.8. The second-order valence-electron chi connectivity index (χ2n) is 15.0. The van der Waals surface area contributed by atoms with Gasteiger partial charge >= 0.3 is 11.9 Å². The first-order chi connectivity index (χ1) is 16.6. The first kappa shape index (κ1) is 26.3. The molecule has 4 saturated carbocycles. The lowest BCUT2D eigenvalue weighted by Crippen LogP contribution is -2.66. The number of allylic oxidation sites excluding steroid dienone is 2. The molecule has 0 amide bonds. The Hall–Kier alpha value is -1.32. The maximum atomic E-state index is 12.9. The van der Waals surface area contributed by atoms with Crippen LogP contribution in [0.3, 0.4) is 0 Å². The highest BCUT2D eigenvalue weighted by Crippen LogP contribution is 2.75. The summed E-state index contributed by atoms with van der Waals surface area (Å²) in [4.78, 5) is 24.8. The van der Waals surface area contributed by atoms with Gasteiger partial charge in [-0.1, -0.05) is 53.2 Å². The van der Waals surface area contributed by atoms with Crippen LogP contribution in [0.1, 0.15) is 113 Å². The van der Waals surface area contributed by atoms with Crippen molar-refractivity contribution in [3.05, 3.63) is 11.6 Å². The van der Waals surface area contributed by atoms with Crippen molar-refractivity contribution >= 4 is 11.9 Å². The van der Waals surface area contributed by atoms with Gasteiger partial charge in [0.1, 0.15) is 11.5 Å². The van der Waals surface area contributed by atoms with Gasteiger partial charge < -0.3 is 9.84 Å². The van der Waals surface area contributed by atoms with E-state index in [4.69, 9.17) is 4.74 Å². The van der Waals surface area contributed by atoms with Crippen molar-refractivity contribution in [1.29, 1.82) is 0 Å². The van der Waals surface area contributed by atoms with Gasteiger partial charge in [0.15, 0.2) is 0 Å². The number of rotatable bonds is 2. The van der Waals surface area contributed by atoms with Crippen molar-refractivity contribution in [2.75, 3.05) is 0 Å². The minimum atomic E-state index is -1.04. The quantitative estimate of drug-likeness (QED) is 0.313. The van der Waals surface area contributed by atoms with Crippen LogP contribution in [-0.2, 0) is 14.3 Å². The van der Waals surface area contributed by atoms with Crippen LogP contribution in [0.5, 0.6) is 0 Å². The minimum Gasteiger partial charge on any atom is -0.481 e. The lowest BCUT2D eigenvalue weighted by atomic mass is 9.33. The molecule has 0 saturated heterocycles. The van der Waals surface area contributed by atoms with Gasteiger partial charge in [0.2, 0.25) is 0 Å². The van der Waals surface area contributed by atoms with Crippen LogP contribution in [0.15, 0.2) is 11.6 Å². The Labute approximate surface area is 219 Å². The molecule has 5 rings (SSSR count). The van der Waals surface area contributed by atoms with E-state index in [9.17, 15) is 14.7 Å². The van der Waals surface area contributed by atoms with E-state index in [0.717, 1.165) is 37.5 Å². The Morgan fingerprint density at radius 2 is 1.61 bits per heavy atom. The van der Waals surface area contributed by atoms with E-state index in [0.29, 0.717) is 23.7 Å². The SMILES string of the molecule is CC(=O)O[C@@H]1CC[C@@]2(C)C(CC[C@]3(C)C2CC=C2[C@@H]4[C@@H](C)[C@H](C)CC[C@]4(C)CC[C@]23C)[C@@]1(C)C(=O)O. The molecule has 0 aromatic heterocycles. The summed E-state index contributed by atoms with van der Waals surface area (Å²) in [7, 11) is 0. The van der Waals surface area contributed by atoms with Gasteiger partial charge in [-0.3, -0.25) is 9.59 Å². The maximum Gasteiger partial charge on any atom is 0.313 e. The summed E-state index contributed by atoms with van der Waals surface area (Å²) in [6.45, 7) is 18.4. The van der Waals surface area contributed by atoms with Crippen LogP contribution in [0, 0.1) is 56.7 Å². The zero-order valence-corrected chi connectivity index (χ0v) is 24.1. The van der Waals surface area contributed by atoms with Gasteiger partial charge in [-0.05, 0) is 116 Å². The Morgan fingerprint density at radius 3 is 2.25 bits per heavy atom. The van der Waals surface area contributed by atoms with Crippen molar-refractivity contribution in [1.82, 2.24) is 0 Å². The Balaban J connectivity index is 1.57. The molecule has 1 N–H and O–H groups in total. The smallest absolute Gasteiger partial charge is 0.313 e. The number of ether oxygens (including phenoxy) is 1. The summed E-state index contributed by atoms with van der Waals surface area (Å²) in [5.41, 5.74) is 1.40. The first-order valence-corrected chi connectivity index (χ1v) is 14.8.